The first kappa shape index (κ1) is 14.5. The van der Waals surface area contributed by atoms with E-state index in [0.717, 1.165) is 39.0 Å². The topological polar surface area (TPSA) is 62.5 Å². The van der Waals surface area contributed by atoms with Crippen LogP contribution in [0.3, 0.4) is 0 Å². The third kappa shape index (κ3) is 3.61. The summed E-state index contributed by atoms with van der Waals surface area (Å²) in [6, 6.07) is 0. The predicted molar refractivity (Wildman–Crippen MR) is 77.5 cm³/mol. The van der Waals surface area contributed by atoms with Crippen molar-refractivity contribution < 1.29 is 9.21 Å². The lowest BCUT2D eigenvalue weighted by Gasteiger charge is -2.36. The molecule has 0 atom stereocenters. The summed E-state index contributed by atoms with van der Waals surface area (Å²) < 4.78 is 5.41. The van der Waals surface area contributed by atoms with Gasteiger partial charge < -0.3 is 9.32 Å². The number of nitrogens with zero attached hydrogens (tertiary/aromatic N) is 4. The normalized spacial score (nSPS) is 21.7. The molecule has 6 heteroatoms. The molecule has 0 N–H and O–H groups in total. The van der Waals surface area contributed by atoms with Gasteiger partial charge in [0.05, 0.1) is 6.54 Å². The zero-order valence-corrected chi connectivity index (χ0v) is 12.8. The number of amides is 1. The maximum atomic E-state index is 12.5. The lowest BCUT2D eigenvalue weighted by atomic mass is 9.88. The number of aromatic nitrogens is 2. The van der Waals surface area contributed by atoms with Crippen LogP contribution in [0.25, 0.3) is 0 Å². The number of carbonyl (C=O) groups excluding carboxylic acids is 1. The molecular weight excluding hydrogens is 268 g/mol. The monoisotopic (exact) mass is 292 g/mol. The van der Waals surface area contributed by atoms with Crippen molar-refractivity contribution in [3.05, 3.63) is 11.8 Å². The zero-order chi connectivity index (χ0) is 14.7. The average Bonchev–Trinajstić information content (AvgIpc) is 2.93. The lowest BCUT2D eigenvalue weighted by molar-refractivity contribution is -0.138. The van der Waals surface area contributed by atoms with E-state index in [2.05, 4.69) is 15.1 Å². The molecule has 21 heavy (non-hydrogen) atoms. The molecule has 0 spiro atoms. The quantitative estimate of drug-likeness (QED) is 0.847. The van der Waals surface area contributed by atoms with Crippen LogP contribution >= 0.6 is 0 Å². The van der Waals surface area contributed by atoms with Crippen molar-refractivity contribution in [3.8, 4) is 0 Å². The molecule has 0 radical (unpaired) electrons. The highest BCUT2D eigenvalue weighted by atomic mass is 16.4. The van der Waals surface area contributed by atoms with Gasteiger partial charge in [-0.3, -0.25) is 9.69 Å². The Morgan fingerprint density at radius 2 is 1.86 bits per heavy atom. The SMILES string of the molecule is Cc1nnc(CN2CCN(C(=O)C3CCCCC3)CC2)o1. The fraction of sp³-hybridized carbons (Fsp3) is 0.800. The smallest absolute Gasteiger partial charge is 0.230 e. The van der Waals surface area contributed by atoms with Crippen molar-refractivity contribution in [2.24, 2.45) is 5.92 Å². The number of hydrogen-bond donors (Lipinski definition) is 0. The molecule has 116 valence electrons. The van der Waals surface area contributed by atoms with E-state index in [-0.39, 0.29) is 5.92 Å². The highest BCUT2D eigenvalue weighted by Gasteiger charge is 2.28. The molecule has 1 aromatic heterocycles. The van der Waals surface area contributed by atoms with E-state index < -0.39 is 0 Å². The first-order valence-corrected chi connectivity index (χ1v) is 8.02. The molecule has 1 saturated carbocycles. The Labute approximate surface area is 125 Å². The van der Waals surface area contributed by atoms with Crippen LogP contribution in [-0.2, 0) is 11.3 Å². The molecule has 0 aromatic carbocycles. The fourth-order valence-corrected chi connectivity index (χ4v) is 3.33. The van der Waals surface area contributed by atoms with Gasteiger partial charge in [-0.15, -0.1) is 10.2 Å². The van der Waals surface area contributed by atoms with Gasteiger partial charge in [-0.2, -0.15) is 0 Å². The highest BCUT2D eigenvalue weighted by Crippen LogP contribution is 2.25. The second-order valence-electron chi connectivity index (χ2n) is 6.15. The van der Waals surface area contributed by atoms with E-state index in [1.807, 2.05) is 4.90 Å². The molecule has 2 fully saturated rings. The second-order valence-corrected chi connectivity index (χ2v) is 6.15. The van der Waals surface area contributed by atoms with Crippen molar-refractivity contribution in [1.29, 1.82) is 0 Å². The van der Waals surface area contributed by atoms with E-state index in [4.69, 9.17) is 4.42 Å². The van der Waals surface area contributed by atoms with Gasteiger partial charge in [0.1, 0.15) is 0 Å². The summed E-state index contributed by atoms with van der Waals surface area (Å²) in [4.78, 5) is 16.8. The first-order chi connectivity index (χ1) is 10.2. The van der Waals surface area contributed by atoms with E-state index in [1.165, 1.54) is 19.3 Å². The molecule has 1 amide bonds. The number of carbonyl (C=O) groups is 1. The third-order valence-electron chi connectivity index (χ3n) is 4.57. The van der Waals surface area contributed by atoms with Crippen LogP contribution in [0.1, 0.15) is 43.9 Å². The summed E-state index contributed by atoms with van der Waals surface area (Å²) >= 11 is 0. The van der Waals surface area contributed by atoms with Crippen LogP contribution in [0.15, 0.2) is 4.42 Å². The molecule has 6 nitrogen and oxygen atoms in total. The van der Waals surface area contributed by atoms with E-state index >= 15 is 0 Å². The minimum absolute atomic E-state index is 0.281. The van der Waals surface area contributed by atoms with E-state index in [1.54, 1.807) is 6.92 Å². The van der Waals surface area contributed by atoms with Gasteiger partial charge in [-0.1, -0.05) is 19.3 Å². The van der Waals surface area contributed by atoms with Crippen LogP contribution in [0, 0.1) is 12.8 Å². The maximum absolute atomic E-state index is 12.5. The van der Waals surface area contributed by atoms with E-state index in [0.29, 0.717) is 24.2 Å². The Hall–Kier alpha value is -1.43. The molecule has 1 aliphatic carbocycles. The van der Waals surface area contributed by atoms with Gasteiger partial charge in [0.25, 0.3) is 0 Å². The minimum atomic E-state index is 0.281. The number of hydrogen-bond acceptors (Lipinski definition) is 5. The summed E-state index contributed by atoms with van der Waals surface area (Å²) in [5, 5.41) is 7.88. The van der Waals surface area contributed by atoms with Crippen molar-refractivity contribution in [1.82, 2.24) is 20.0 Å². The number of aryl methyl sites for hydroxylation is 1. The second kappa shape index (κ2) is 6.56. The minimum Gasteiger partial charge on any atom is -0.424 e. The summed E-state index contributed by atoms with van der Waals surface area (Å²) in [5.41, 5.74) is 0. The Balaban J connectivity index is 1.47. The fourth-order valence-electron chi connectivity index (χ4n) is 3.33. The number of rotatable bonds is 3. The predicted octanol–water partition coefficient (Wildman–Crippen LogP) is 1.60. The largest absolute Gasteiger partial charge is 0.424 e. The van der Waals surface area contributed by atoms with E-state index in [9.17, 15) is 4.79 Å². The van der Waals surface area contributed by atoms with Gasteiger partial charge in [0, 0.05) is 39.0 Å². The summed E-state index contributed by atoms with van der Waals surface area (Å²) in [7, 11) is 0. The Bertz CT molecular complexity index is 474. The maximum Gasteiger partial charge on any atom is 0.230 e. The van der Waals surface area contributed by atoms with Crippen LogP contribution < -0.4 is 0 Å². The summed E-state index contributed by atoms with van der Waals surface area (Å²) in [6.45, 7) is 5.91. The number of piperazine rings is 1. The Kier molecular flexibility index (Phi) is 4.53. The summed E-state index contributed by atoms with van der Waals surface area (Å²) in [6.07, 6.45) is 5.89. The molecule has 2 aliphatic rings. The summed E-state index contributed by atoms with van der Waals surface area (Å²) in [5.74, 6) is 1.93. The molecule has 1 aliphatic heterocycles. The Morgan fingerprint density at radius 3 is 2.48 bits per heavy atom. The molecule has 3 rings (SSSR count). The molecule has 0 bridgehead atoms. The van der Waals surface area contributed by atoms with Crippen molar-refractivity contribution in [2.45, 2.75) is 45.6 Å². The van der Waals surface area contributed by atoms with Crippen LogP contribution in [0.4, 0.5) is 0 Å². The molecule has 2 heterocycles. The van der Waals surface area contributed by atoms with Crippen LogP contribution in [0.5, 0.6) is 0 Å². The van der Waals surface area contributed by atoms with Gasteiger partial charge in [0.2, 0.25) is 17.7 Å². The Morgan fingerprint density at radius 1 is 1.14 bits per heavy atom. The van der Waals surface area contributed by atoms with Gasteiger partial charge in [0.15, 0.2) is 0 Å². The van der Waals surface area contributed by atoms with Crippen molar-refractivity contribution >= 4 is 5.91 Å². The standard InChI is InChI=1S/C15H24N4O2/c1-12-16-17-14(21-12)11-18-7-9-19(10-8-18)15(20)13-5-3-2-4-6-13/h13H,2-11H2,1H3. The average molecular weight is 292 g/mol. The molecule has 1 saturated heterocycles. The van der Waals surface area contributed by atoms with Crippen LogP contribution in [0.2, 0.25) is 0 Å². The van der Waals surface area contributed by atoms with Gasteiger partial charge in [-0.05, 0) is 12.8 Å². The molecule has 0 unspecified atom stereocenters. The van der Waals surface area contributed by atoms with Gasteiger partial charge >= 0.3 is 0 Å². The first-order valence-electron chi connectivity index (χ1n) is 8.02. The molecule has 1 aromatic rings. The van der Waals surface area contributed by atoms with Crippen molar-refractivity contribution in [3.63, 3.8) is 0 Å². The zero-order valence-electron chi connectivity index (χ0n) is 12.8. The van der Waals surface area contributed by atoms with Crippen LogP contribution in [-0.4, -0.2) is 52.1 Å². The lowest BCUT2D eigenvalue weighted by Crippen LogP contribution is -2.50. The third-order valence-corrected chi connectivity index (χ3v) is 4.57. The van der Waals surface area contributed by atoms with Crippen molar-refractivity contribution in [2.75, 3.05) is 26.2 Å². The van der Waals surface area contributed by atoms with Gasteiger partial charge in [-0.25, -0.2) is 0 Å². The highest BCUT2D eigenvalue weighted by molar-refractivity contribution is 5.79. The molecular formula is C15H24N4O2.